The van der Waals surface area contributed by atoms with Gasteiger partial charge in [0.05, 0.1) is 11.5 Å². The van der Waals surface area contributed by atoms with Crippen LogP contribution in [0, 0.1) is 0 Å². The van der Waals surface area contributed by atoms with Gasteiger partial charge in [-0.05, 0) is 31.5 Å². The summed E-state index contributed by atoms with van der Waals surface area (Å²) >= 11 is 1.53. The van der Waals surface area contributed by atoms with Gasteiger partial charge >= 0.3 is 0 Å². The molecule has 0 saturated carbocycles. The van der Waals surface area contributed by atoms with E-state index in [2.05, 4.69) is 12.2 Å². The maximum Gasteiger partial charge on any atom is 0.202 e. The number of fused-ring (bicyclic) bond motifs is 1. The summed E-state index contributed by atoms with van der Waals surface area (Å²) in [5.41, 5.74) is 0.752. The Labute approximate surface area is 124 Å². The van der Waals surface area contributed by atoms with Crippen LogP contribution in [-0.4, -0.2) is 18.9 Å². The number of carbonyl (C=O) groups is 1. The van der Waals surface area contributed by atoms with Gasteiger partial charge in [0.1, 0.15) is 5.75 Å². The van der Waals surface area contributed by atoms with E-state index in [-0.39, 0.29) is 5.78 Å². The lowest BCUT2D eigenvalue weighted by atomic mass is 10.1. The van der Waals surface area contributed by atoms with Crippen molar-refractivity contribution in [3.8, 4) is 5.75 Å². The van der Waals surface area contributed by atoms with Crippen molar-refractivity contribution < 1.29 is 9.53 Å². The van der Waals surface area contributed by atoms with E-state index in [0.717, 1.165) is 34.1 Å². The largest absolute Gasteiger partial charge is 0.494 e. The first kappa shape index (κ1) is 15.0. The van der Waals surface area contributed by atoms with Crippen LogP contribution in [0.5, 0.6) is 5.75 Å². The predicted molar refractivity (Wildman–Crippen MR) is 83.4 cm³/mol. The van der Waals surface area contributed by atoms with E-state index in [1.54, 1.807) is 0 Å². The molecular formula is C16H21NO2S. The molecule has 0 amide bonds. The first-order valence-electron chi connectivity index (χ1n) is 7.19. The average Bonchev–Trinajstić information content (AvgIpc) is 2.76. The van der Waals surface area contributed by atoms with Crippen molar-refractivity contribution in [1.29, 1.82) is 0 Å². The second-order valence-corrected chi connectivity index (χ2v) is 5.78. The molecule has 0 aliphatic carbocycles. The van der Waals surface area contributed by atoms with Crippen LogP contribution in [0.15, 0.2) is 34.2 Å². The minimum Gasteiger partial charge on any atom is -0.494 e. The number of rotatable bonds is 7. The highest BCUT2D eigenvalue weighted by atomic mass is 32.2. The minimum atomic E-state index is 0.0922. The fourth-order valence-electron chi connectivity index (χ4n) is 2.07. The lowest BCUT2D eigenvalue weighted by Gasteiger charge is -2.03. The van der Waals surface area contributed by atoms with Crippen LogP contribution in [0.4, 0.5) is 0 Å². The molecule has 0 unspecified atom stereocenters. The fraction of sp³-hybridized carbons (Fsp3) is 0.438. The number of benzene rings is 1. The molecule has 2 rings (SSSR count). The quantitative estimate of drug-likeness (QED) is 0.609. The van der Waals surface area contributed by atoms with Crippen LogP contribution in [0.25, 0.3) is 0 Å². The van der Waals surface area contributed by atoms with Gasteiger partial charge in [0.15, 0.2) is 0 Å². The molecule has 1 aromatic carbocycles. The molecule has 1 heterocycles. The molecule has 3 nitrogen and oxygen atoms in total. The number of carbonyl (C=O) groups excluding carboxylic acids is 1. The van der Waals surface area contributed by atoms with E-state index in [0.29, 0.717) is 6.61 Å². The highest BCUT2D eigenvalue weighted by Crippen LogP contribution is 2.40. The standard InChI is InChI=1S/C16H21NO2S/c1-3-5-6-9-17-11-15-16(18)13-10-12(19-4-2)7-8-14(13)20-15/h7-8,10-11,17H,3-6,9H2,1-2H3. The number of unbranched alkanes of at least 4 members (excludes halogenated alkanes) is 2. The van der Waals surface area contributed by atoms with E-state index in [4.69, 9.17) is 4.74 Å². The Hall–Kier alpha value is -1.42. The Bertz CT molecular complexity index is 511. The summed E-state index contributed by atoms with van der Waals surface area (Å²) in [4.78, 5) is 14.1. The maximum absolute atomic E-state index is 12.3. The van der Waals surface area contributed by atoms with E-state index >= 15 is 0 Å². The van der Waals surface area contributed by atoms with Gasteiger partial charge in [-0.1, -0.05) is 31.5 Å². The number of allylic oxidation sites excluding steroid dienone is 1. The topological polar surface area (TPSA) is 38.3 Å². The molecule has 0 aromatic heterocycles. The molecule has 0 saturated heterocycles. The third-order valence-corrected chi connectivity index (χ3v) is 4.21. The van der Waals surface area contributed by atoms with Gasteiger partial charge < -0.3 is 10.1 Å². The normalized spacial score (nSPS) is 15.5. The molecule has 0 spiro atoms. The highest BCUT2D eigenvalue weighted by molar-refractivity contribution is 8.04. The third kappa shape index (κ3) is 3.57. The summed E-state index contributed by atoms with van der Waals surface area (Å²) in [6.07, 6.45) is 5.41. The molecule has 0 bridgehead atoms. The van der Waals surface area contributed by atoms with Crippen molar-refractivity contribution in [2.24, 2.45) is 0 Å². The van der Waals surface area contributed by atoms with Gasteiger partial charge in [0.2, 0.25) is 5.78 Å². The number of ketones is 1. The highest BCUT2D eigenvalue weighted by Gasteiger charge is 2.26. The van der Waals surface area contributed by atoms with Crippen molar-refractivity contribution in [1.82, 2.24) is 5.32 Å². The minimum absolute atomic E-state index is 0.0922. The summed E-state index contributed by atoms with van der Waals surface area (Å²) in [6.45, 7) is 5.66. The Kier molecular flexibility index (Phi) is 5.53. The van der Waals surface area contributed by atoms with Crippen LogP contribution in [0.1, 0.15) is 43.5 Å². The Balaban J connectivity index is 2.00. The number of ether oxygens (including phenoxy) is 1. The van der Waals surface area contributed by atoms with Crippen LogP contribution < -0.4 is 10.1 Å². The number of Topliss-reactive ketones (excluding diaryl/α,β-unsaturated/α-hetero) is 1. The molecular weight excluding hydrogens is 270 g/mol. The zero-order valence-corrected chi connectivity index (χ0v) is 12.9. The molecule has 1 N–H and O–H groups in total. The van der Waals surface area contributed by atoms with Gasteiger partial charge in [-0.15, -0.1) is 0 Å². The van der Waals surface area contributed by atoms with Gasteiger partial charge in [0, 0.05) is 23.2 Å². The molecule has 1 aliphatic heterocycles. The molecule has 1 aliphatic rings. The summed E-state index contributed by atoms with van der Waals surface area (Å²) in [5.74, 6) is 0.854. The molecule has 20 heavy (non-hydrogen) atoms. The molecule has 0 fully saturated rings. The van der Waals surface area contributed by atoms with Gasteiger partial charge in [0.25, 0.3) is 0 Å². The average molecular weight is 291 g/mol. The van der Waals surface area contributed by atoms with Gasteiger partial charge in [-0.3, -0.25) is 4.79 Å². The smallest absolute Gasteiger partial charge is 0.202 e. The predicted octanol–water partition coefficient (Wildman–Crippen LogP) is 3.99. The van der Waals surface area contributed by atoms with Crippen molar-refractivity contribution in [3.05, 3.63) is 34.9 Å². The molecule has 0 atom stereocenters. The Morgan fingerprint density at radius 1 is 1.30 bits per heavy atom. The molecule has 4 heteroatoms. The number of hydrogen-bond donors (Lipinski definition) is 1. The molecule has 1 aromatic rings. The third-order valence-electron chi connectivity index (χ3n) is 3.11. The van der Waals surface area contributed by atoms with Crippen molar-refractivity contribution in [2.45, 2.75) is 38.0 Å². The number of thioether (sulfide) groups is 1. The van der Waals surface area contributed by atoms with Crippen LogP contribution >= 0.6 is 11.8 Å². The first-order valence-corrected chi connectivity index (χ1v) is 8.00. The first-order chi connectivity index (χ1) is 9.76. The fourth-order valence-corrected chi connectivity index (χ4v) is 3.05. The monoisotopic (exact) mass is 291 g/mol. The van der Waals surface area contributed by atoms with Crippen LogP contribution in [0.2, 0.25) is 0 Å². The van der Waals surface area contributed by atoms with Gasteiger partial charge in [-0.2, -0.15) is 0 Å². The molecule has 108 valence electrons. The van der Waals surface area contributed by atoms with E-state index in [1.807, 2.05) is 31.3 Å². The summed E-state index contributed by atoms with van der Waals surface area (Å²) < 4.78 is 5.44. The molecule has 0 radical (unpaired) electrons. The van der Waals surface area contributed by atoms with Crippen LogP contribution in [0.3, 0.4) is 0 Å². The van der Waals surface area contributed by atoms with Crippen LogP contribution in [-0.2, 0) is 0 Å². The number of nitrogens with one attached hydrogen (secondary N) is 1. The van der Waals surface area contributed by atoms with Crippen molar-refractivity contribution in [2.75, 3.05) is 13.2 Å². The van der Waals surface area contributed by atoms with Crippen molar-refractivity contribution in [3.63, 3.8) is 0 Å². The zero-order chi connectivity index (χ0) is 14.4. The Morgan fingerprint density at radius 2 is 2.15 bits per heavy atom. The van der Waals surface area contributed by atoms with Gasteiger partial charge in [-0.25, -0.2) is 0 Å². The van der Waals surface area contributed by atoms with Crippen molar-refractivity contribution >= 4 is 17.5 Å². The summed E-state index contributed by atoms with van der Waals surface area (Å²) in [7, 11) is 0. The van der Waals surface area contributed by atoms with E-state index in [1.165, 1.54) is 24.6 Å². The second-order valence-electron chi connectivity index (χ2n) is 4.69. The zero-order valence-electron chi connectivity index (χ0n) is 12.1. The lowest BCUT2D eigenvalue weighted by molar-refractivity contribution is 0.104. The maximum atomic E-state index is 12.3. The second kappa shape index (κ2) is 7.39. The van der Waals surface area contributed by atoms with E-state index in [9.17, 15) is 4.79 Å². The summed E-state index contributed by atoms with van der Waals surface area (Å²) in [6, 6.07) is 5.72. The number of hydrogen-bond acceptors (Lipinski definition) is 4. The summed E-state index contributed by atoms with van der Waals surface area (Å²) in [5, 5.41) is 3.23. The lowest BCUT2D eigenvalue weighted by Crippen LogP contribution is -2.09. The Morgan fingerprint density at radius 3 is 2.90 bits per heavy atom. The van der Waals surface area contributed by atoms with E-state index < -0.39 is 0 Å². The SMILES string of the molecule is CCCCCNC=C1Sc2ccc(OCC)cc2C1=O.